The molecule has 1 aromatic rings. The number of hydrogen-bond donors (Lipinski definition) is 2. The standard InChI is InChI=1S/C16H29N3O/c1-5-14(6-2)19(10-11-20)15-8-9-16(18-12-15)13(4)17-7-3/h8-9,12-14,17,20H,5-7,10-11H2,1-4H3. The summed E-state index contributed by atoms with van der Waals surface area (Å²) < 4.78 is 0. The molecule has 114 valence electrons. The number of pyridine rings is 1. The Morgan fingerprint density at radius 2 is 1.95 bits per heavy atom. The van der Waals surface area contributed by atoms with E-state index in [1.54, 1.807) is 0 Å². The highest BCUT2D eigenvalue weighted by atomic mass is 16.3. The fraction of sp³-hybridized carbons (Fsp3) is 0.688. The molecule has 4 nitrogen and oxygen atoms in total. The zero-order valence-corrected chi connectivity index (χ0v) is 13.3. The summed E-state index contributed by atoms with van der Waals surface area (Å²) in [5, 5.41) is 12.6. The number of rotatable bonds is 9. The first-order chi connectivity index (χ1) is 9.67. The Labute approximate surface area is 123 Å². The van der Waals surface area contributed by atoms with Gasteiger partial charge in [-0.3, -0.25) is 4.98 Å². The van der Waals surface area contributed by atoms with Crippen LogP contribution in [0, 0.1) is 0 Å². The number of anilines is 1. The van der Waals surface area contributed by atoms with Crippen molar-refractivity contribution < 1.29 is 5.11 Å². The van der Waals surface area contributed by atoms with Gasteiger partial charge in [-0.05, 0) is 38.4 Å². The van der Waals surface area contributed by atoms with Gasteiger partial charge >= 0.3 is 0 Å². The van der Waals surface area contributed by atoms with Crippen molar-refractivity contribution in [1.82, 2.24) is 10.3 Å². The van der Waals surface area contributed by atoms with Crippen molar-refractivity contribution in [3.05, 3.63) is 24.0 Å². The largest absolute Gasteiger partial charge is 0.395 e. The molecule has 1 aromatic heterocycles. The fourth-order valence-corrected chi connectivity index (χ4v) is 2.59. The maximum Gasteiger partial charge on any atom is 0.0606 e. The number of aliphatic hydroxyl groups excluding tert-OH is 1. The monoisotopic (exact) mass is 279 g/mol. The van der Waals surface area contributed by atoms with Gasteiger partial charge in [-0.1, -0.05) is 20.8 Å². The van der Waals surface area contributed by atoms with Gasteiger partial charge in [0.25, 0.3) is 0 Å². The summed E-state index contributed by atoms with van der Waals surface area (Å²) in [6.07, 6.45) is 4.08. The van der Waals surface area contributed by atoms with Crippen LogP contribution in [0.2, 0.25) is 0 Å². The van der Waals surface area contributed by atoms with Gasteiger partial charge in [0, 0.05) is 18.6 Å². The first-order valence-corrected chi connectivity index (χ1v) is 7.74. The average Bonchev–Trinajstić information content (AvgIpc) is 2.48. The molecule has 0 fully saturated rings. The van der Waals surface area contributed by atoms with Crippen LogP contribution >= 0.6 is 0 Å². The molecular weight excluding hydrogens is 250 g/mol. The average molecular weight is 279 g/mol. The van der Waals surface area contributed by atoms with Gasteiger partial charge in [-0.2, -0.15) is 0 Å². The third-order valence-electron chi connectivity index (χ3n) is 3.78. The summed E-state index contributed by atoms with van der Waals surface area (Å²) in [7, 11) is 0. The first-order valence-electron chi connectivity index (χ1n) is 7.74. The molecule has 1 atom stereocenters. The Morgan fingerprint density at radius 3 is 2.40 bits per heavy atom. The molecule has 1 unspecified atom stereocenters. The molecule has 0 amide bonds. The highest BCUT2D eigenvalue weighted by Gasteiger charge is 2.16. The minimum Gasteiger partial charge on any atom is -0.395 e. The summed E-state index contributed by atoms with van der Waals surface area (Å²) in [5.74, 6) is 0. The molecule has 0 saturated heterocycles. The summed E-state index contributed by atoms with van der Waals surface area (Å²) in [6.45, 7) is 10.4. The van der Waals surface area contributed by atoms with Crippen LogP contribution in [0.3, 0.4) is 0 Å². The van der Waals surface area contributed by atoms with E-state index in [-0.39, 0.29) is 12.6 Å². The lowest BCUT2D eigenvalue weighted by Gasteiger charge is -2.32. The van der Waals surface area contributed by atoms with E-state index in [1.807, 2.05) is 6.20 Å². The summed E-state index contributed by atoms with van der Waals surface area (Å²) >= 11 is 0. The Kier molecular flexibility index (Phi) is 7.55. The highest BCUT2D eigenvalue weighted by Crippen LogP contribution is 2.21. The van der Waals surface area contributed by atoms with Crippen molar-refractivity contribution in [2.24, 2.45) is 0 Å². The van der Waals surface area contributed by atoms with Crippen LogP contribution in [0.5, 0.6) is 0 Å². The smallest absolute Gasteiger partial charge is 0.0606 e. The minimum absolute atomic E-state index is 0.173. The number of aliphatic hydroxyl groups is 1. The van der Waals surface area contributed by atoms with Gasteiger partial charge in [0.1, 0.15) is 0 Å². The van der Waals surface area contributed by atoms with Crippen LogP contribution in [0.4, 0.5) is 5.69 Å². The molecule has 20 heavy (non-hydrogen) atoms. The number of nitrogens with one attached hydrogen (secondary N) is 1. The van der Waals surface area contributed by atoms with Crippen molar-refractivity contribution in [3.63, 3.8) is 0 Å². The van der Waals surface area contributed by atoms with E-state index in [4.69, 9.17) is 0 Å². The minimum atomic E-state index is 0.173. The number of aromatic nitrogens is 1. The number of nitrogens with zero attached hydrogens (tertiary/aromatic N) is 2. The van der Waals surface area contributed by atoms with Crippen molar-refractivity contribution in [3.8, 4) is 0 Å². The van der Waals surface area contributed by atoms with Crippen molar-refractivity contribution in [2.75, 3.05) is 24.6 Å². The summed E-state index contributed by atoms with van der Waals surface area (Å²) in [4.78, 5) is 6.82. The molecule has 1 heterocycles. The molecule has 0 aromatic carbocycles. The molecule has 4 heteroatoms. The lowest BCUT2D eigenvalue weighted by Crippen LogP contribution is -2.36. The molecule has 0 aliphatic rings. The maximum atomic E-state index is 9.28. The van der Waals surface area contributed by atoms with Crippen LogP contribution in [-0.4, -0.2) is 35.8 Å². The number of hydrogen-bond acceptors (Lipinski definition) is 4. The van der Waals surface area contributed by atoms with Gasteiger partial charge in [-0.25, -0.2) is 0 Å². The third-order valence-corrected chi connectivity index (χ3v) is 3.78. The van der Waals surface area contributed by atoms with E-state index in [0.29, 0.717) is 12.6 Å². The van der Waals surface area contributed by atoms with Gasteiger partial charge in [0.15, 0.2) is 0 Å². The maximum absolute atomic E-state index is 9.28. The van der Waals surface area contributed by atoms with Crippen LogP contribution < -0.4 is 10.2 Å². The SMILES string of the molecule is CCNC(C)c1ccc(N(CCO)C(CC)CC)cn1. The van der Waals surface area contributed by atoms with Gasteiger partial charge in [0.05, 0.1) is 24.2 Å². The second-order valence-corrected chi connectivity index (χ2v) is 5.11. The zero-order valence-electron chi connectivity index (χ0n) is 13.3. The summed E-state index contributed by atoms with van der Waals surface area (Å²) in [6, 6.07) is 4.93. The predicted octanol–water partition coefficient (Wildman–Crippen LogP) is 2.74. The van der Waals surface area contributed by atoms with Gasteiger partial charge in [0.2, 0.25) is 0 Å². The molecule has 0 aliphatic carbocycles. The van der Waals surface area contributed by atoms with Gasteiger partial charge in [-0.15, -0.1) is 0 Å². The van der Waals surface area contributed by atoms with Crippen molar-refractivity contribution in [2.45, 2.75) is 52.6 Å². The molecule has 0 saturated carbocycles. The van der Waals surface area contributed by atoms with Crippen LogP contribution in [0.1, 0.15) is 52.3 Å². The topological polar surface area (TPSA) is 48.4 Å². The van der Waals surface area contributed by atoms with E-state index in [1.165, 1.54) is 0 Å². The lowest BCUT2D eigenvalue weighted by molar-refractivity contribution is 0.296. The molecule has 0 spiro atoms. The van der Waals surface area contributed by atoms with E-state index in [0.717, 1.165) is 30.8 Å². The quantitative estimate of drug-likeness (QED) is 0.730. The second kappa shape index (κ2) is 8.93. The van der Waals surface area contributed by atoms with E-state index < -0.39 is 0 Å². The normalized spacial score (nSPS) is 12.7. The fourth-order valence-electron chi connectivity index (χ4n) is 2.59. The molecule has 0 aliphatic heterocycles. The Morgan fingerprint density at radius 1 is 1.25 bits per heavy atom. The van der Waals surface area contributed by atoms with Crippen LogP contribution in [0.25, 0.3) is 0 Å². The molecule has 0 radical (unpaired) electrons. The van der Waals surface area contributed by atoms with Crippen molar-refractivity contribution >= 4 is 5.69 Å². The Balaban J connectivity index is 2.87. The molecular formula is C16H29N3O. The van der Waals surface area contributed by atoms with Crippen LogP contribution in [0.15, 0.2) is 18.3 Å². The second-order valence-electron chi connectivity index (χ2n) is 5.11. The first kappa shape index (κ1) is 16.9. The third kappa shape index (κ3) is 4.46. The Hall–Kier alpha value is -1.13. The van der Waals surface area contributed by atoms with E-state index >= 15 is 0 Å². The molecule has 1 rings (SSSR count). The molecule has 0 bridgehead atoms. The van der Waals surface area contributed by atoms with Crippen LogP contribution in [-0.2, 0) is 0 Å². The zero-order chi connectivity index (χ0) is 15.0. The van der Waals surface area contributed by atoms with E-state index in [9.17, 15) is 5.11 Å². The van der Waals surface area contributed by atoms with Crippen molar-refractivity contribution in [1.29, 1.82) is 0 Å². The Bertz CT molecular complexity index is 362. The lowest BCUT2D eigenvalue weighted by atomic mass is 10.1. The van der Waals surface area contributed by atoms with E-state index in [2.05, 4.69) is 55.0 Å². The van der Waals surface area contributed by atoms with Gasteiger partial charge < -0.3 is 15.3 Å². The highest BCUT2D eigenvalue weighted by molar-refractivity contribution is 5.46. The molecule has 2 N–H and O–H groups in total. The summed E-state index contributed by atoms with van der Waals surface area (Å²) in [5.41, 5.74) is 2.16. The predicted molar refractivity (Wildman–Crippen MR) is 85.1 cm³/mol.